The number of pyridine rings is 1. The predicted molar refractivity (Wildman–Crippen MR) is 82.0 cm³/mol. The fourth-order valence-corrected chi connectivity index (χ4v) is 1.87. The summed E-state index contributed by atoms with van der Waals surface area (Å²) in [5, 5.41) is 6.21. The summed E-state index contributed by atoms with van der Waals surface area (Å²) in [5.41, 5.74) is 0.973. The molecule has 0 bridgehead atoms. The van der Waals surface area contributed by atoms with Crippen LogP contribution in [0.3, 0.4) is 0 Å². The first-order valence-corrected chi connectivity index (χ1v) is 7.68. The van der Waals surface area contributed by atoms with Gasteiger partial charge in [-0.2, -0.15) is 0 Å². The molecule has 116 valence electrons. The summed E-state index contributed by atoms with van der Waals surface area (Å²) in [4.78, 5) is 15.9. The second-order valence-corrected chi connectivity index (χ2v) is 6.05. The van der Waals surface area contributed by atoms with Crippen LogP contribution in [0.15, 0.2) is 18.3 Å². The van der Waals surface area contributed by atoms with Gasteiger partial charge in [-0.1, -0.05) is 13.8 Å². The Morgan fingerprint density at radius 2 is 2.24 bits per heavy atom. The third-order valence-corrected chi connectivity index (χ3v) is 3.31. The van der Waals surface area contributed by atoms with E-state index in [0.29, 0.717) is 17.6 Å². The van der Waals surface area contributed by atoms with Crippen LogP contribution in [0.4, 0.5) is 0 Å². The summed E-state index contributed by atoms with van der Waals surface area (Å²) < 4.78 is 5.42. The Hall–Kier alpha value is -1.62. The van der Waals surface area contributed by atoms with E-state index < -0.39 is 0 Å². The molecule has 1 aromatic rings. The molecule has 0 aromatic carbocycles. The SMILES string of the molecule is CC(C)CNCc1ccc(OCC(=O)NCC2CC2)cn1. The van der Waals surface area contributed by atoms with Crippen molar-refractivity contribution in [2.24, 2.45) is 11.8 Å². The molecule has 1 amide bonds. The molecule has 5 nitrogen and oxygen atoms in total. The molecule has 1 saturated carbocycles. The van der Waals surface area contributed by atoms with Crippen LogP contribution in [-0.2, 0) is 11.3 Å². The van der Waals surface area contributed by atoms with Crippen LogP contribution in [0.5, 0.6) is 5.75 Å². The molecule has 1 aromatic heterocycles. The summed E-state index contributed by atoms with van der Waals surface area (Å²) in [6.07, 6.45) is 4.13. The van der Waals surface area contributed by atoms with E-state index in [0.717, 1.165) is 25.3 Å². The smallest absolute Gasteiger partial charge is 0.257 e. The van der Waals surface area contributed by atoms with Crippen LogP contribution in [0.2, 0.25) is 0 Å². The van der Waals surface area contributed by atoms with Crippen molar-refractivity contribution in [1.29, 1.82) is 0 Å². The molecule has 0 atom stereocenters. The van der Waals surface area contributed by atoms with Gasteiger partial charge in [-0.3, -0.25) is 9.78 Å². The lowest BCUT2D eigenvalue weighted by Gasteiger charge is -2.09. The number of carbonyl (C=O) groups excluding carboxylic acids is 1. The van der Waals surface area contributed by atoms with Crippen LogP contribution >= 0.6 is 0 Å². The second kappa shape index (κ2) is 7.98. The highest BCUT2D eigenvalue weighted by Gasteiger charge is 2.21. The molecular formula is C16H25N3O2. The number of amides is 1. The van der Waals surface area contributed by atoms with Gasteiger partial charge in [0.1, 0.15) is 5.75 Å². The number of carbonyl (C=O) groups is 1. The van der Waals surface area contributed by atoms with Gasteiger partial charge in [0, 0.05) is 13.1 Å². The Bertz CT molecular complexity index is 441. The molecule has 0 spiro atoms. The lowest BCUT2D eigenvalue weighted by atomic mass is 10.2. The molecule has 2 rings (SSSR count). The standard InChI is InChI=1S/C16H25N3O2/c1-12(2)7-17-9-14-5-6-15(10-18-14)21-11-16(20)19-8-13-3-4-13/h5-6,10,12-13,17H,3-4,7-9,11H2,1-2H3,(H,19,20). The molecule has 0 aliphatic heterocycles. The molecule has 1 aliphatic carbocycles. The quantitative estimate of drug-likeness (QED) is 0.727. The van der Waals surface area contributed by atoms with E-state index in [-0.39, 0.29) is 12.5 Å². The van der Waals surface area contributed by atoms with Gasteiger partial charge in [0.05, 0.1) is 11.9 Å². The van der Waals surface area contributed by atoms with Gasteiger partial charge in [0.25, 0.3) is 5.91 Å². The van der Waals surface area contributed by atoms with Gasteiger partial charge in [0.15, 0.2) is 6.61 Å². The molecule has 0 saturated heterocycles. The molecule has 1 heterocycles. The summed E-state index contributed by atoms with van der Waals surface area (Å²) in [7, 11) is 0. The molecule has 0 unspecified atom stereocenters. The topological polar surface area (TPSA) is 63.2 Å². The highest BCUT2D eigenvalue weighted by Crippen LogP contribution is 2.27. The zero-order chi connectivity index (χ0) is 15.1. The molecule has 1 aliphatic rings. The number of ether oxygens (including phenoxy) is 1. The van der Waals surface area contributed by atoms with Crippen LogP contribution < -0.4 is 15.4 Å². The van der Waals surface area contributed by atoms with Crippen molar-refractivity contribution in [3.63, 3.8) is 0 Å². The Labute approximate surface area is 126 Å². The average molecular weight is 291 g/mol. The number of hydrogen-bond donors (Lipinski definition) is 2. The molecular weight excluding hydrogens is 266 g/mol. The Kier molecular flexibility index (Phi) is 5.99. The van der Waals surface area contributed by atoms with Crippen LogP contribution in [0.1, 0.15) is 32.4 Å². The van der Waals surface area contributed by atoms with E-state index in [2.05, 4.69) is 29.5 Å². The Morgan fingerprint density at radius 1 is 1.43 bits per heavy atom. The third-order valence-electron chi connectivity index (χ3n) is 3.31. The maximum absolute atomic E-state index is 11.6. The number of rotatable bonds is 9. The van der Waals surface area contributed by atoms with Crippen molar-refractivity contribution in [3.05, 3.63) is 24.0 Å². The molecule has 0 radical (unpaired) electrons. The van der Waals surface area contributed by atoms with Crippen molar-refractivity contribution < 1.29 is 9.53 Å². The van der Waals surface area contributed by atoms with E-state index >= 15 is 0 Å². The summed E-state index contributed by atoms with van der Waals surface area (Å²) >= 11 is 0. The zero-order valence-corrected chi connectivity index (χ0v) is 12.9. The van der Waals surface area contributed by atoms with E-state index in [1.807, 2.05) is 12.1 Å². The molecule has 1 fully saturated rings. The van der Waals surface area contributed by atoms with Crippen molar-refractivity contribution in [2.45, 2.75) is 33.2 Å². The van der Waals surface area contributed by atoms with E-state index in [9.17, 15) is 4.79 Å². The maximum atomic E-state index is 11.6. The summed E-state index contributed by atoms with van der Waals surface area (Å²) in [6, 6.07) is 3.78. The number of aromatic nitrogens is 1. The Morgan fingerprint density at radius 3 is 2.86 bits per heavy atom. The van der Waals surface area contributed by atoms with Gasteiger partial charge >= 0.3 is 0 Å². The first kappa shape index (κ1) is 15.8. The van der Waals surface area contributed by atoms with E-state index in [1.165, 1.54) is 12.8 Å². The van der Waals surface area contributed by atoms with Gasteiger partial charge in [-0.05, 0) is 43.4 Å². The van der Waals surface area contributed by atoms with Crippen molar-refractivity contribution in [1.82, 2.24) is 15.6 Å². The third kappa shape index (κ3) is 6.58. The molecule has 21 heavy (non-hydrogen) atoms. The Balaban J connectivity index is 1.65. The number of hydrogen-bond acceptors (Lipinski definition) is 4. The minimum atomic E-state index is -0.0652. The fourth-order valence-electron chi connectivity index (χ4n) is 1.87. The highest BCUT2D eigenvalue weighted by molar-refractivity contribution is 5.77. The van der Waals surface area contributed by atoms with Gasteiger partial charge in [-0.25, -0.2) is 0 Å². The average Bonchev–Trinajstić information content (AvgIpc) is 3.28. The normalized spacial score (nSPS) is 14.2. The second-order valence-electron chi connectivity index (χ2n) is 6.05. The highest BCUT2D eigenvalue weighted by atomic mass is 16.5. The minimum Gasteiger partial charge on any atom is -0.482 e. The van der Waals surface area contributed by atoms with Crippen LogP contribution in [-0.4, -0.2) is 30.6 Å². The number of nitrogens with one attached hydrogen (secondary N) is 2. The van der Waals surface area contributed by atoms with Gasteiger partial charge < -0.3 is 15.4 Å². The predicted octanol–water partition coefficient (Wildman–Crippen LogP) is 1.73. The maximum Gasteiger partial charge on any atom is 0.257 e. The molecule has 2 N–H and O–H groups in total. The molecule has 5 heteroatoms. The summed E-state index contributed by atoms with van der Waals surface area (Å²) in [6.45, 7) is 6.90. The van der Waals surface area contributed by atoms with Crippen LogP contribution in [0.25, 0.3) is 0 Å². The van der Waals surface area contributed by atoms with Gasteiger partial charge in [0.2, 0.25) is 0 Å². The van der Waals surface area contributed by atoms with Crippen molar-refractivity contribution in [2.75, 3.05) is 19.7 Å². The lowest BCUT2D eigenvalue weighted by Crippen LogP contribution is -2.30. The number of nitrogens with zero attached hydrogens (tertiary/aromatic N) is 1. The largest absolute Gasteiger partial charge is 0.482 e. The van der Waals surface area contributed by atoms with Crippen LogP contribution in [0, 0.1) is 11.8 Å². The van der Waals surface area contributed by atoms with Gasteiger partial charge in [-0.15, -0.1) is 0 Å². The first-order valence-electron chi connectivity index (χ1n) is 7.68. The summed E-state index contributed by atoms with van der Waals surface area (Å²) in [5.74, 6) is 1.88. The van der Waals surface area contributed by atoms with Crippen molar-refractivity contribution >= 4 is 5.91 Å². The van der Waals surface area contributed by atoms with E-state index in [4.69, 9.17) is 4.74 Å². The van der Waals surface area contributed by atoms with Crippen molar-refractivity contribution in [3.8, 4) is 5.75 Å². The minimum absolute atomic E-state index is 0.0549. The monoisotopic (exact) mass is 291 g/mol. The zero-order valence-electron chi connectivity index (χ0n) is 12.9. The first-order chi connectivity index (χ1) is 10.1. The van der Waals surface area contributed by atoms with E-state index in [1.54, 1.807) is 6.20 Å². The lowest BCUT2D eigenvalue weighted by molar-refractivity contribution is -0.123. The fraction of sp³-hybridized carbons (Fsp3) is 0.625.